The number of hydrogen-bond acceptors (Lipinski definition) is 2. The molecule has 13 heavy (non-hydrogen) atoms. The van der Waals surface area contributed by atoms with Gasteiger partial charge in [0.2, 0.25) is 5.91 Å². The number of carbonyl (C=O) groups excluding carboxylic acids is 1. The van der Waals surface area contributed by atoms with Crippen molar-refractivity contribution in [1.82, 2.24) is 5.32 Å². The number of amides is 1. The van der Waals surface area contributed by atoms with Crippen LogP contribution in [-0.4, -0.2) is 24.7 Å². The maximum absolute atomic E-state index is 10.9. The van der Waals surface area contributed by atoms with Gasteiger partial charge in [-0.05, 0) is 13.3 Å². The van der Waals surface area contributed by atoms with Gasteiger partial charge in [-0.15, -0.1) is 0 Å². The zero-order valence-electron chi connectivity index (χ0n) is 9.10. The van der Waals surface area contributed by atoms with Gasteiger partial charge in [0.05, 0.1) is 5.60 Å². The van der Waals surface area contributed by atoms with E-state index in [1.807, 2.05) is 0 Å². The molecule has 0 heterocycles. The summed E-state index contributed by atoms with van der Waals surface area (Å²) in [6.45, 7) is 7.89. The predicted octanol–water partition coefficient (Wildman–Crippen LogP) is 1.33. The minimum Gasteiger partial charge on any atom is -0.378 e. The number of ether oxygens (including phenoxy) is 1. The Balaban J connectivity index is 2.64. The lowest BCUT2D eigenvalue weighted by molar-refractivity contribution is -0.182. The molecule has 1 aliphatic carbocycles. The monoisotopic (exact) mass is 185 g/mol. The molecule has 1 fully saturated rings. The van der Waals surface area contributed by atoms with E-state index in [0.717, 1.165) is 6.42 Å². The fourth-order valence-corrected chi connectivity index (χ4v) is 1.97. The molecule has 0 bridgehead atoms. The molecule has 0 radical (unpaired) electrons. The molecular weight excluding hydrogens is 166 g/mol. The van der Waals surface area contributed by atoms with Gasteiger partial charge in [0.1, 0.15) is 0 Å². The summed E-state index contributed by atoms with van der Waals surface area (Å²) in [5.74, 6) is 0.0382. The standard InChI is InChI=1S/C10H19NO2/c1-7(12)11-8-6-10(4,13-5)9(8,2)3/h8H,6H2,1-5H3,(H,11,12). The topological polar surface area (TPSA) is 38.3 Å². The van der Waals surface area contributed by atoms with Gasteiger partial charge in [-0.25, -0.2) is 0 Å². The van der Waals surface area contributed by atoms with Crippen molar-refractivity contribution in [3.63, 3.8) is 0 Å². The van der Waals surface area contributed by atoms with Crippen LogP contribution in [0.2, 0.25) is 0 Å². The third kappa shape index (κ3) is 1.46. The zero-order valence-corrected chi connectivity index (χ0v) is 9.10. The van der Waals surface area contributed by atoms with Crippen LogP contribution in [0.1, 0.15) is 34.1 Å². The summed E-state index contributed by atoms with van der Waals surface area (Å²) >= 11 is 0. The van der Waals surface area contributed by atoms with E-state index in [-0.39, 0.29) is 23.0 Å². The van der Waals surface area contributed by atoms with Crippen LogP contribution >= 0.6 is 0 Å². The molecule has 0 aromatic rings. The third-order valence-electron chi connectivity index (χ3n) is 3.66. The molecule has 0 aromatic carbocycles. The molecule has 0 aliphatic heterocycles. The fraction of sp³-hybridized carbons (Fsp3) is 0.900. The molecule has 1 saturated carbocycles. The van der Waals surface area contributed by atoms with Crippen LogP contribution in [0.4, 0.5) is 0 Å². The molecule has 1 N–H and O–H groups in total. The lowest BCUT2D eigenvalue weighted by Crippen LogP contribution is -2.68. The summed E-state index contributed by atoms with van der Waals surface area (Å²) in [5, 5.41) is 2.94. The first-order chi connectivity index (χ1) is 5.83. The SMILES string of the molecule is COC1(C)CC(NC(C)=O)C1(C)C. The second-order valence-corrected chi connectivity index (χ2v) is 4.61. The van der Waals surface area contributed by atoms with Crippen molar-refractivity contribution in [2.75, 3.05) is 7.11 Å². The van der Waals surface area contributed by atoms with Crippen molar-refractivity contribution in [2.45, 2.75) is 45.8 Å². The highest BCUT2D eigenvalue weighted by molar-refractivity contribution is 5.73. The van der Waals surface area contributed by atoms with Crippen LogP contribution in [0.3, 0.4) is 0 Å². The lowest BCUT2D eigenvalue weighted by Gasteiger charge is -2.59. The Morgan fingerprint density at radius 3 is 2.31 bits per heavy atom. The molecule has 3 nitrogen and oxygen atoms in total. The first-order valence-corrected chi connectivity index (χ1v) is 4.66. The summed E-state index contributed by atoms with van der Waals surface area (Å²) < 4.78 is 5.45. The first-order valence-electron chi connectivity index (χ1n) is 4.66. The van der Waals surface area contributed by atoms with Gasteiger partial charge in [-0.1, -0.05) is 13.8 Å². The van der Waals surface area contributed by atoms with Gasteiger partial charge >= 0.3 is 0 Å². The molecule has 2 atom stereocenters. The summed E-state index contributed by atoms with van der Waals surface area (Å²) in [5.41, 5.74) is -0.0759. The Labute approximate surface area is 79.8 Å². The minimum absolute atomic E-state index is 0.0213. The van der Waals surface area contributed by atoms with Gasteiger partial charge in [-0.3, -0.25) is 4.79 Å². The Hall–Kier alpha value is -0.570. The second-order valence-electron chi connectivity index (χ2n) is 4.61. The van der Waals surface area contributed by atoms with Crippen molar-refractivity contribution < 1.29 is 9.53 Å². The summed E-state index contributed by atoms with van der Waals surface area (Å²) in [6.07, 6.45) is 0.899. The molecule has 0 aromatic heterocycles. The average molecular weight is 185 g/mol. The van der Waals surface area contributed by atoms with Gasteiger partial charge in [0.25, 0.3) is 0 Å². The van der Waals surface area contributed by atoms with Crippen LogP contribution < -0.4 is 5.32 Å². The van der Waals surface area contributed by atoms with E-state index >= 15 is 0 Å². The van der Waals surface area contributed by atoms with Gasteiger partial charge in [0.15, 0.2) is 0 Å². The number of hydrogen-bond donors (Lipinski definition) is 1. The van der Waals surface area contributed by atoms with E-state index < -0.39 is 0 Å². The van der Waals surface area contributed by atoms with Crippen LogP contribution in [0.15, 0.2) is 0 Å². The molecule has 1 rings (SSSR count). The minimum atomic E-state index is -0.0971. The normalized spacial score (nSPS) is 36.5. The molecule has 1 aliphatic rings. The Kier molecular flexibility index (Phi) is 2.41. The van der Waals surface area contributed by atoms with Crippen molar-refractivity contribution in [3.8, 4) is 0 Å². The van der Waals surface area contributed by atoms with E-state index in [1.165, 1.54) is 0 Å². The van der Waals surface area contributed by atoms with E-state index in [4.69, 9.17) is 4.74 Å². The van der Waals surface area contributed by atoms with Gasteiger partial charge in [0, 0.05) is 25.5 Å². The highest BCUT2D eigenvalue weighted by Crippen LogP contribution is 2.51. The summed E-state index contributed by atoms with van der Waals surface area (Å²) in [6, 6.07) is 0.245. The summed E-state index contributed by atoms with van der Waals surface area (Å²) in [7, 11) is 1.73. The molecular formula is C10H19NO2. The zero-order chi connectivity index (χ0) is 10.3. The van der Waals surface area contributed by atoms with Crippen molar-refractivity contribution in [3.05, 3.63) is 0 Å². The number of methoxy groups -OCH3 is 1. The number of nitrogens with one attached hydrogen (secondary N) is 1. The van der Waals surface area contributed by atoms with Gasteiger partial charge < -0.3 is 10.1 Å². The second kappa shape index (κ2) is 2.98. The van der Waals surface area contributed by atoms with E-state index in [0.29, 0.717) is 0 Å². The van der Waals surface area contributed by atoms with Crippen molar-refractivity contribution in [1.29, 1.82) is 0 Å². The molecule has 0 saturated heterocycles. The van der Waals surface area contributed by atoms with E-state index in [1.54, 1.807) is 14.0 Å². The Morgan fingerprint density at radius 1 is 1.46 bits per heavy atom. The molecule has 3 heteroatoms. The Morgan fingerprint density at radius 2 is 2.00 bits per heavy atom. The molecule has 0 spiro atoms. The summed E-state index contributed by atoms with van der Waals surface area (Å²) in [4.78, 5) is 10.9. The van der Waals surface area contributed by atoms with Crippen LogP contribution in [0.5, 0.6) is 0 Å². The molecule has 76 valence electrons. The number of carbonyl (C=O) groups is 1. The smallest absolute Gasteiger partial charge is 0.217 e. The lowest BCUT2D eigenvalue weighted by atomic mass is 9.56. The van der Waals surface area contributed by atoms with E-state index in [2.05, 4.69) is 26.1 Å². The number of rotatable bonds is 2. The first kappa shape index (κ1) is 10.5. The highest BCUT2D eigenvalue weighted by atomic mass is 16.5. The largest absolute Gasteiger partial charge is 0.378 e. The van der Waals surface area contributed by atoms with Crippen molar-refractivity contribution >= 4 is 5.91 Å². The maximum Gasteiger partial charge on any atom is 0.217 e. The third-order valence-corrected chi connectivity index (χ3v) is 3.66. The van der Waals surface area contributed by atoms with Crippen LogP contribution in [-0.2, 0) is 9.53 Å². The van der Waals surface area contributed by atoms with Crippen LogP contribution in [0.25, 0.3) is 0 Å². The van der Waals surface area contributed by atoms with E-state index in [9.17, 15) is 4.79 Å². The fourth-order valence-electron chi connectivity index (χ4n) is 1.97. The Bertz CT molecular complexity index is 225. The predicted molar refractivity (Wildman–Crippen MR) is 51.4 cm³/mol. The quantitative estimate of drug-likeness (QED) is 0.704. The van der Waals surface area contributed by atoms with Gasteiger partial charge in [-0.2, -0.15) is 0 Å². The molecule has 2 unspecified atom stereocenters. The average Bonchev–Trinajstić information content (AvgIpc) is 2.02. The highest BCUT2D eigenvalue weighted by Gasteiger charge is 2.57. The molecule has 1 amide bonds. The van der Waals surface area contributed by atoms with Crippen molar-refractivity contribution in [2.24, 2.45) is 5.41 Å². The van der Waals surface area contributed by atoms with Crippen LogP contribution in [0, 0.1) is 5.41 Å². The maximum atomic E-state index is 10.9.